The molecule has 0 saturated heterocycles. The molecule has 4 rings (SSSR count). The molecule has 1 atom stereocenters. The number of methoxy groups -OCH3 is 1. The monoisotopic (exact) mass is 491 g/mol. The summed E-state index contributed by atoms with van der Waals surface area (Å²) in [5.41, 5.74) is 9.56. The fourth-order valence-corrected chi connectivity index (χ4v) is 4.42. The lowest BCUT2D eigenvalue weighted by Gasteiger charge is -2.31. The molecule has 0 radical (unpaired) electrons. The molecular weight excluding hydrogens is 466 g/mol. The second-order valence-corrected chi connectivity index (χ2v) is 9.72. The van der Waals surface area contributed by atoms with Crippen LogP contribution in [0.15, 0.2) is 51.3 Å². The molecule has 12 heteroatoms. The molecule has 176 valence electrons. The molecule has 1 aromatic heterocycles. The van der Waals surface area contributed by atoms with Gasteiger partial charge in [-0.15, -0.1) is 12.4 Å². The summed E-state index contributed by atoms with van der Waals surface area (Å²) in [6.07, 6.45) is 1.44. The van der Waals surface area contributed by atoms with Crippen LogP contribution >= 0.6 is 12.4 Å². The molecule has 0 amide bonds. The third-order valence-corrected chi connectivity index (χ3v) is 7.20. The summed E-state index contributed by atoms with van der Waals surface area (Å²) in [4.78, 5) is 10.9. The molecule has 0 bridgehead atoms. The number of aryl methyl sites for hydroxylation is 1. The summed E-state index contributed by atoms with van der Waals surface area (Å²) >= 11 is 0. The first-order chi connectivity index (χ1) is 15.2. The predicted octanol–water partition coefficient (Wildman–Crippen LogP) is 2.29. The maximum atomic E-state index is 12.4. The molecule has 3 aromatic rings. The number of H-pyrrole nitrogens is 1. The van der Waals surface area contributed by atoms with Gasteiger partial charge in [-0.25, -0.2) is 18.4 Å². The van der Waals surface area contributed by atoms with Crippen molar-refractivity contribution in [3.05, 3.63) is 47.7 Å². The minimum atomic E-state index is -3.45. The Morgan fingerprint density at radius 2 is 1.97 bits per heavy atom. The van der Waals surface area contributed by atoms with Gasteiger partial charge in [0, 0.05) is 23.8 Å². The Hall–Kier alpha value is -3.15. The van der Waals surface area contributed by atoms with E-state index in [1.807, 2.05) is 37.1 Å². The number of benzene rings is 2. The number of nitrogens with one attached hydrogen (secondary N) is 2. The molecule has 33 heavy (non-hydrogen) atoms. The predicted molar refractivity (Wildman–Crippen MR) is 132 cm³/mol. The van der Waals surface area contributed by atoms with Crippen LogP contribution in [0.4, 0.5) is 5.69 Å². The van der Waals surface area contributed by atoms with Crippen molar-refractivity contribution >= 4 is 51.1 Å². The average molecular weight is 492 g/mol. The van der Waals surface area contributed by atoms with Crippen LogP contribution in [0.25, 0.3) is 10.9 Å². The standard InChI is InChI=1S/C21H25N7O3S.ClH/c1-5-32(29,30)15-7-9-19(31-4)17(11-15)21(22)24-12-23-20(25-21)28(3)14-6-8-16-13(2)26-27-18(16)10-14;/h6-12H,5,22H2,1-4H3,(H,26,27)(H,23,24,25);1H. The molecule has 4 N–H and O–H groups in total. The molecule has 10 nitrogen and oxygen atoms in total. The average Bonchev–Trinajstić information content (AvgIpc) is 3.18. The zero-order valence-corrected chi connectivity index (χ0v) is 20.3. The Kier molecular flexibility index (Phi) is 6.68. The zero-order valence-electron chi connectivity index (χ0n) is 18.7. The maximum absolute atomic E-state index is 12.4. The molecule has 1 unspecified atom stereocenters. The maximum Gasteiger partial charge on any atom is 0.237 e. The van der Waals surface area contributed by atoms with Crippen LogP contribution in [0.3, 0.4) is 0 Å². The largest absolute Gasteiger partial charge is 0.496 e. The zero-order chi connectivity index (χ0) is 23.1. The number of guanidine groups is 1. The SMILES string of the molecule is CCS(=O)(=O)c1ccc(OC)c(C2(N)N=CNC(N(C)c3ccc4c(C)[nH]nc4c3)=N2)c1.Cl. The number of rotatable bonds is 5. The molecular formula is C21H26ClN7O3S. The third kappa shape index (κ3) is 4.39. The van der Waals surface area contributed by atoms with Gasteiger partial charge >= 0.3 is 0 Å². The van der Waals surface area contributed by atoms with Crippen molar-refractivity contribution in [1.82, 2.24) is 15.5 Å². The van der Waals surface area contributed by atoms with E-state index in [1.165, 1.54) is 25.6 Å². The lowest BCUT2D eigenvalue weighted by atomic mass is 10.1. The Bertz CT molecular complexity index is 1350. The fraction of sp³-hybridized carbons (Fsp3) is 0.286. The fourth-order valence-electron chi connectivity index (χ4n) is 3.51. The summed E-state index contributed by atoms with van der Waals surface area (Å²) in [5.74, 6) is -0.791. The van der Waals surface area contributed by atoms with Crippen LogP contribution in [-0.2, 0) is 15.6 Å². The minimum Gasteiger partial charge on any atom is -0.496 e. The van der Waals surface area contributed by atoms with Crippen molar-refractivity contribution in [3.8, 4) is 5.75 Å². The second kappa shape index (κ2) is 9.00. The van der Waals surface area contributed by atoms with Crippen molar-refractivity contribution < 1.29 is 13.2 Å². The summed E-state index contributed by atoms with van der Waals surface area (Å²) < 4.78 is 30.3. The van der Waals surface area contributed by atoms with Gasteiger partial charge in [-0.05, 0) is 43.3 Å². The van der Waals surface area contributed by atoms with Gasteiger partial charge in [0.25, 0.3) is 0 Å². The van der Waals surface area contributed by atoms with E-state index < -0.39 is 15.6 Å². The van der Waals surface area contributed by atoms with Crippen molar-refractivity contribution in [2.24, 2.45) is 15.7 Å². The van der Waals surface area contributed by atoms with E-state index in [9.17, 15) is 8.42 Å². The number of nitrogens with two attached hydrogens (primary N) is 1. The molecule has 1 aliphatic rings. The van der Waals surface area contributed by atoms with Gasteiger partial charge < -0.3 is 15.0 Å². The highest BCUT2D eigenvalue weighted by Gasteiger charge is 2.34. The number of halogens is 1. The first kappa shape index (κ1) is 24.5. The number of hydrogen-bond donors (Lipinski definition) is 3. The van der Waals surface area contributed by atoms with E-state index in [2.05, 4.69) is 25.5 Å². The van der Waals surface area contributed by atoms with Crippen LogP contribution in [0.5, 0.6) is 5.75 Å². The molecule has 2 aromatic carbocycles. The molecule has 0 fully saturated rings. The number of fused-ring (bicyclic) bond motifs is 1. The van der Waals surface area contributed by atoms with Gasteiger partial charge in [0.05, 0.1) is 35.2 Å². The summed E-state index contributed by atoms with van der Waals surface area (Å²) in [5, 5.41) is 11.3. The van der Waals surface area contributed by atoms with Crippen molar-refractivity contribution in [3.63, 3.8) is 0 Å². The Morgan fingerprint density at radius 3 is 2.67 bits per heavy atom. The van der Waals surface area contributed by atoms with E-state index in [0.29, 0.717) is 17.3 Å². The highest BCUT2D eigenvalue weighted by atomic mass is 35.5. The van der Waals surface area contributed by atoms with Gasteiger partial charge in [-0.3, -0.25) is 10.8 Å². The van der Waals surface area contributed by atoms with Crippen LogP contribution in [0.1, 0.15) is 18.2 Å². The Morgan fingerprint density at radius 1 is 1.21 bits per heavy atom. The molecule has 0 spiro atoms. The molecule has 2 heterocycles. The van der Waals surface area contributed by atoms with Gasteiger partial charge in [0.2, 0.25) is 11.7 Å². The van der Waals surface area contributed by atoms with Crippen molar-refractivity contribution in [2.75, 3.05) is 24.8 Å². The Balaban J connectivity index is 0.00000306. The molecule has 0 aliphatic carbocycles. The highest BCUT2D eigenvalue weighted by Crippen LogP contribution is 2.34. The number of anilines is 1. The summed E-state index contributed by atoms with van der Waals surface area (Å²) in [6, 6.07) is 10.4. The number of nitrogens with zero attached hydrogens (tertiary/aromatic N) is 4. The quantitative estimate of drug-likeness (QED) is 0.497. The molecule has 1 aliphatic heterocycles. The van der Waals surface area contributed by atoms with Gasteiger partial charge in [0.15, 0.2) is 9.84 Å². The lowest BCUT2D eigenvalue weighted by molar-refractivity contribution is 0.384. The summed E-state index contributed by atoms with van der Waals surface area (Å²) in [7, 11) is -0.131. The first-order valence-electron chi connectivity index (χ1n) is 9.97. The molecule has 0 saturated carbocycles. The number of aromatic nitrogens is 2. The third-order valence-electron chi connectivity index (χ3n) is 5.47. The second-order valence-electron chi connectivity index (χ2n) is 7.44. The van der Waals surface area contributed by atoms with Gasteiger partial charge in [-0.2, -0.15) is 5.10 Å². The van der Waals surface area contributed by atoms with Gasteiger partial charge in [0.1, 0.15) is 5.75 Å². The van der Waals surface area contributed by atoms with E-state index in [4.69, 9.17) is 10.5 Å². The number of ether oxygens (including phenoxy) is 1. The van der Waals surface area contributed by atoms with E-state index in [-0.39, 0.29) is 23.1 Å². The lowest BCUT2D eigenvalue weighted by Crippen LogP contribution is -2.47. The first-order valence-corrected chi connectivity index (χ1v) is 11.6. The van der Waals surface area contributed by atoms with Crippen LogP contribution < -0.4 is 20.7 Å². The Labute approximate surface area is 198 Å². The van der Waals surface area contributed by atoms with E-state index in [0.717, 1.165) is 22.3 Å². The number of sulfone groups is 1. The van der Waals surface area contributed by atoms with Crippen LogP contribution in [-0.4, -0.2) is 50.8 Å². The van der Waals surface area contributed by atoms with Crippen LogP contribution in [0.2, 0.25) is 0 Å². The normalized spacial score (nSPS) is 17.8. The highest BCUT2D eigenvalue weighted by molar-refractivity contribution is 7.91. The topological polar surface area (TPSA) is 138 Å². The van der Waals surface area contributed by atoms with E-state index in [1.54, 1.807) is 13.0 Å². The summed E-state index contributed by atoms with van der Waals surface area (Å²) in [6.45, 7) is 3.55. The smallest absolute Gasteiger partial charge is 0.237 e. The van der Waals surface area contributed by atoms with E-state index >= 15 is 0 Å². The van der Waals surface area contributed by atoms with Crippen molar-refractivity contribution in [2.45, 2.75) is 24.5 Å². The number of aliphatic imine (C=N–C) groups is 2. The van der Waals surface area contributed by atoms with Crippen molar-refractivity contribution in [1.29, 1.82) is 0 Å². The number of aromatic amines is 1. The van der Waals surface area contributed by atoms with Crippen LogP contribution in [0, 0.1) is 6.92 Å². The minimum absolute atomic E-state index is 0. The van der Waals surface area contributed by atoms with Gasteiger partial charge in [-0.1, -0.05) is 6.92 Å². The number of hydrogen-bond acceptors (Lipinski definition) is 9.